The Bertz CT molecular complexity index is 438. The fraction of sp³-hybridized carbons (Fsp3) is 1.00. The molecule has 4 aliphatic carbocycles. The zero-order valence-corrected chi connectivity index (χ0v) is 13.0. The standard InChI is InChI=1S/C17H26O4/c1-15(2)20-13-9-19-14(18)17(13,21-15)16-6-10-3-11(7-16)5-12(4-10)8-16/h10-14,18H,3-9H2,1-2H3/t10?,11?,12?,13-,14+,16?,17-/m1/s1. The van der Waals surface area contributed by atoms with Gasteiger partial charge in [-0.1, -0.05) is 0 Å². The Morgan fingerprint density at radius 3 is 2.10 bits per heavy atom. The summed E-state index contributed by atoms with van der Waals surface area (Å²) in [5, 5.41) is 10.7. The molecular weight excluding hydrogens is 268 g/mol. The van der Waals surface area contributed by atoms with Gasteiger partial charge in [0.15, 0.2) is 17.7 Å². The van der Waals surface area contributed by atoms with E-state index in [0.29, 0.717) is 6.61 Å². The van der Waals surface area contributed by atoms with Crippen LogP contribution in [0.3, 0.4) is 0 Å². The number of rotatable bonds is 1. The number of aliphatic hydroxyl groups excluding tert-OH is 1. The molecule has 0 amide bonds. The summed E-state index contributed by atoms with van der Waals surface area (Å²) in [7, 11) is 0. The van der Waals surface area contributed by atoms with Gasteiger partial charge in [-0.2, -0.15) is 0 Å². The van der Waals surface area contributed by atoms with Crippen molar-refractivity contribution < 1.29 is 19.3 Å². The molecule has 0 aromatic rings. The molecule has 1 N–H and O–H groups in total. The molecule has 2 saturated heterocycles. The zero-order valence-electron chi connectivity index (χ0n) is 13.0. The van der Waals surface area contributed by atoms with E-state index in [1.165, 1.54) is 38.5 Å². The average molecular weight is 294 g/mol. The van der Waals surface area contributed by atoms with E-state index in [2.05, 4.69) is 0 Å². The van der Waals surface area contributed by atoms with Crippen LogP contribution in [0.2, 0.25) is 0 Å². The van der Waals surface area contributed by atoms with Crippen molar-refractivity contribution >= 4 is 0 Å². The van der Waals surface area contributed by atoms with Crippen molar-refractivity contribution in [3.63, 3.8) is 0 Å². The van der Waals surface area contributed by atoms with Crippen LogP contribution in [0.15, 0.2) is 0 Å². The summed E-state index contributed by atoms with van der Waals surface area (Å²) in [4.78, 5) is 0. The van der Waals surface area contributed by atoms with Gasteiger partial charge >= 0.3 is 0 Å². The van der Waals surface area contributed by atoms with E-state index in [1.807, 2.05) is 13.8 Å². The van der Waals surface area contributed by atoms with Gasteiger partial charge in [-0.15, -0.1) is 0 Å². The first-order valence-electron chi connectivity index (χ1n) is 8.60. The summed E-state index contributed by atoms with van der Waals surface area (Å²) in [6, 6.07) is 0. The molecule has 118 valence electrons. The van der Waals surface area contributed by atoms with Crippen LogP contribution in [0.4, 0.5) is 0 Å². The lowest BCUT2D eigenvalue weighted by atomic mass is 9.44. The summed E-state index contributed by atoms with van der Waals surface area (Å²) in [6.07, 6.45) is 6.79. The second kappa shape index (κ2) is 3.84. The van der Waals surface area contributed by atoms with E-state index in [4.69, 9.17) is 14.2 Å². The van der Waals surface area contributed by atoms with Crippen molar-refractivity contribution in [2.75, 3.05) is 6.61 Å². The third kappa shape index (κ3) is 1.55. The minimum Gasteiger partial charge on any atom is -0.365 e. The van der Waals surface area contributed by atoms with Crippen molar-refractivity contribution in [2.24, 2.45) is 23.2 Å². The van der Waals surface area contributed by atoms with Crippen molar-refractivity contribution in [3.8, 4) is 0 Å². The van der Waals surface area contributed by atoms with E-state index in [1.54, 1.807) is 0 Å². The molecule has 0 unspecified atom stereocenters. The predicted octanol–water partition coefficient (Wildman–Crippen LogP) is 2.44. The second-order valence-electron chi connectivity index (χ2n) is 8.79. The third-order valence-electron chi connectivity index (χ3n) is 6.96. The van der Waals surface area contributed by atoms with Crippen LogP contribution in [0.25, 0.3) is 0 Å². The Kier molecular flexibility index (Phi) is 2.43. The molecule has 3 atom stereocenters. The summed E-state index contributed by atoms with van der Waals surface area (Å²) in [5.74, 6) is 1.86. The molecule has 4 heteroatoms. The molecule has 2 aliphatic heterocycles. The normalized spacial score (nSPS) is 60.4. The first-order chi connectivity index (χ1) is 9.93. The Labute approximate surface area is 126 Å². The lowest BCUT2D eigenvalue weighted by molar-refractivity contribution is -0.289. The molecule has 4 saturated carbocycles. The number of hydrogen-bond acceptors (Lipinski definition) is 4. The molecule has 0 spiro atoms. The monoisotopic (exact) mass is 294 g/mol. The first kappa shape index (κ1) is 13.3. The van der Waals surface area contributed by atoms with Gasteiger partial charge < -0.3 is 19.3 Å². The van der Waals surface area contributed by atoms with Gasteiger partial charge in [0, 0.05) is 5.41 Å². The molecule has 4 nitrogen and oxygen atoms in total. The van der Waals surface area contributed by atoms with Gasteiger partial charge in [0.25, 0.3) is 0 Å². The highest BCUT2D eigenvalue weighted by Gasteiger charge is 2.73. The zero-order chi connectivity index (χ0) is 14.5. The smallest absolute Gasteiger partial charge is 0.187 e. The lowest BCUT2D eigenvalue weighted by Gasteiger charge is -2.62. The van der Waals surface area contributed by atoms with Crippen LogP contribution in [0.5, 0.6) is 0 Å². The number of fused-ring (bicyclic) bond motifs is 1. The van der Waals surface area contributed by atoms with Gasteiger partial charge in [0.1, 0.15) is 6.10 Å². The second-order valence-corrected chi connectivity index (χ2v) is 8.79. The molecule has 6 fully saturated rings. The summed E-state index contributed by atoms with van der Waals surface area (Å²) >= 11 is 0. The van der Waals surface area contributed by atoms with E-state index >= 15 is 0 Å². The highest BCUT2D eigenvalue weighted by molar-refractivity contribution is 5.18. The van der Waals surface area contributed by atoms with Gasteiger partial charge in [-0.3, -0.25) is 0 Å². The van der Waals surface area contributed by atoms with Crippen LogP contribution in [0.1, 0.15) is 52.4 Å². The fourth-order valence-electron chi connectivity index (χ4n) is 6.90. The molecule has 0 aromatic heterocycles. The number of aliphatic hydroxyl groups is 1. The third-order valence-corrected chi connectivity index (χ3v) is 6.96. The minimum atomic E-state index is -0.833. The van der Waals surface area contributed by atoms with Crippen LogP contribution in [-0.4, -0.2) is 35.5 Å². The highest BCUT2D eigenvalue weighted by Crippen LogP contribution is 2.68. The largest absolute Gasteiger partial charge is 0.365 e. The summed E-state index contributed by atoms with van der Waals surface area (Å²) in [6.45, 7) is 4.41. The van der Waals surface area contributed by atoms with Crippen molar-refractivity contribution in [1.82, 2.24) is 0 Å². The SMILES string of the molecule is CC1(C)O[C@@H]2CO[C@H](O)[C@]2(C23CC4CC(CC(C4)C2)C3)O1. The van der Waals surface area contributed by atoms with Crippen LogP contribution in [-0.2, 0) is 14.2 Å². The number of hydrogen-bond donors (Lipinski definition) is 1. The molecule has 21 heavy (non-hydrogen) atoms. The van der Waals surface area contributed by atoms with Crippen LogP contribution < -0.4 is 0 Å². The van der Waals surface area contributed by atoms with Crippen LogP contribution in [0, 0.1) is 23.2 Å². The minimum absolute atomic E-state index is 0.0656. The van der Waals surface area contributed by atoms with Crippen molar-refractivity contribution in [2.45, 2.75) is 76.2 Å². The van der Waals surface area contributed by atoms with E-state index in [0.717, 1.165) is 17.8 Å². The quantitative estimate of drug-likeness (QED) is 0.807. The lowest BCUT2D eigenvalue weighted by Crippen LogP contribution is -2.65. The Morgan fingerprint density at radius 2 is 1.52 bits per heavy atom. The molecule has 0 radical (unpaired) electrons. The first-order valence-corrected chi connectivity index (χ1v) is 8.60. The molecule has 4 bridgehead atoms. The summed E-state index contributed by atoms with van der Waals surface area (Å²) < 4.78 is 18.2. The van der Waals surface area contributed by atoms with Gasteiger partial charge in [0.2, 0.25) is 0 Å². The number of ether oxygens (including phenoxy) is 3. The van der Waals surface area contributed by atoms with Gasteiger partial charge in [0.05, 0.1) is 6.61 Å². The molecule has 6 aliphatic rings. The highest BCUT2D eigenvalue weighted by atomic mass is 16.8. The Hall–Kier alpha value is -0.160. The maximum absolute atomic E-state index is 10.7. The predicted molar refractivity (Wildman–Crippen MR) is 75.3 cm³/mol. The van der Waals surface area contributed by atoms with E-state index < -0.39 is 17.7 Å². The topological polar surface area (TPSA) is 47.9 Å². The maximum atomic E-state index is 10.7. The molecule has 6 rings (SSSR count). The van der Waals surface area contributed by atoms with Gasteiger partial charge in [-0.05, 0) is 70.1 Å². The Morgan fingerprint density at radius 1 is 0.952 bits per heavy atom. The fourth-order valence-corrected chi connectivity index (χ4v) is 6.90. The molecular formula is C17H26O4. The Balaban J connectivity index is 1.61. The van der Waals surface area contributed by atoms with Gasteiger partial charge in [-0.25, -0.2) is 0 Å². The molecule has 0 aromatic carbocycles. The van der Waals surface area contributed by atoms with Crippen LogP contribution >= 0.6 is 0 Å². The molecule has 2 heterocycles. The van der Waals surface area contributed by atoms with E-state index in [9.17, 15) is 5.11 Å². The summed E-state index contributed by atoms with van der Waals surface area (Å²) in [5.41, 5.74) is -0.567. The average Bonchev–Trinajstić information content (AvgIpc) is 2.82. The van der Waals surface area contributed by atoms with Crippen molar-refractivity contribution in [1.29, 1.82) is 0 Å². The van der Waals surface area contributed by atoms with E-state index in [-0.39, 0.29) is 11.5 Å². The maximum Gasteiger partial charge on any atom is 0.187 e. The van der Waals surface area contributed by atoms with Crippen molar-refractivity contribution in [3.05, 3.63) is 0 Å².